The molecule has 1 amide bonds. The Morgan fingerprint density at radius 1 is 1.37 bits per heavy atom. The van der Waals surface area contributed by atoms with Crippen molar-refractivity contribution in [1.82, 2.24) is 4.90 Å². The molecule has 1 aliphatic rings. The van der Waals surface area contributed by atoms with Crippen molar-refractivity contribution >= 4 is 23.7 Å². The first-order chi connectivity index (χ1) is 12.5. The predicted octanol–water partition coefficient (Wildman–Crippen LogP) is 4.69. The number of carboxylic acid groups (broad SMARTS) is 1. The lowest BCUT2D eigenvalue weighted by atomic mass is 9.97. The monoisotopic (exact) mass is 397 g/mol. The second kappa shape index (κ2) is 8.38. The van der Waals surface area contributed by atoms with Crippen molar-refractivity contribution in [3.63, 3.8) is 0 Å². The zero-order chi connectivity index (χ0) is 20.4. The minimum Gasteiger partial charge on any atom is -0.488 e. The summed E-state index contributed by atoms with van der Waals surface area (Å²) in [4.78, 5) is 25.3. The van der Waals surface area contributed by atoms with Crippen LogP contribution in [0, 0.1) is 0 Å². The first kappa shape index (κ1) is 21.4. The van der Waals surface area contributed by atoms with Gasteiger partial charge < -0.3 is 14.6 Å². The Labute approximate surface area is 165 Å². The lowest BCUT2D eigenvalue weighted by Crippen LogP contribution is -2.43. The highest BCUT2D eigenvalue weighted by atomic mass is 35.5. The zero-order valence-electron chi connectivity index (χ0n) is 16.5. The molecule has 7 heteroatoms. The Hall–Kier alpha value is -1.95. The number of amides is 1. The van der Waals surface area contributed by atoms with Gasteiger partial charge in [0.25, 0.3) is 0 Å². The predicted molar refractivity (Wildman–Crippen MR) is 104 cm³/mol. The van der Waals surface area contributed by atoms with E-state index < -0.39 is 29.8 Å². The first-order valence-corrected chi connectivity index (χ1v) is 9.58. The highest BCUT2D eigenvalue weighted by Gasteiger charge is 2.42. The van der Waals surface area contributed by atoms with E-state index in [1.165, 1.54) is 4.90 Å². The number of carbonyl (C=O) groups is 2. The summed E-state index contributed by atoms with van der Waals surface area (Å²) in [5.41, 5.74) is 0.284. The Bertz CT molecular complexity index is 700. The smallest absolute Gasteiger partial charge is 0.411 e. The molecule has 1 heterocycles. The molecule has 0 saturated carbocycles. The van der Waals surface area contributed by atoms with E-state index in [1.54, 1.807) is 32.9 Å². The number of likely N-dealkylation sites (tertiary alicyclic amines) is 1. The van der Waals surface area contributed by atoms with Crippen molar-refractivity contribution in [3.05, 3.63) is 28.8 Å². The summed E-state index contributed by atoms with van der Waals surface area (Å²) < 4.78 is 11.5. The van der Waals surface area contributed by atoms with Gasteiger partial charge in [-0.25, -0.2) is 9.59 Å². The fourth-order valence-electron chi connectivity index (χ4n) is 3.05. The van der Waals surface area contributed by atoms with Crippen molar-refractivity contribution in [3.8, 4) is 5.75 Å². The molecule has 0 radical (unpaired) electrons. The summed E-state index contributed by atoms with van der Waals surface area (Å²) in [6, 6.07) is 4.46. The SMILES string of the molecule is CC[C@H](C)c1cc(Cl)ccc1O[C@H]1C[C@@H](C(=O)O)N(C(=O)OC(C)(C)C)C1. The summed E-state index contributed by atoms with van der Waals surface area (Å²) in [7, 11) is 0. The molecule has 0 unspecified atom stereocenters. The Kier molecular flexibility index (Phi) is 6.63. The van der Waals surface area contributed by atoms with Gasteiger partial charge in [0.15, 0.2) is 0 Å². The number of nitrogens with zero attached hydrogens (tertiary/aromatic N) is 1. The average Bonchev–Trinajstić information content (AvgIpc) is 2.98. The van der Waals surface area contributed by atoms with Gasteiger partial charge in [0.1, 0.15) is 23.5 Å². The van der Waals surface area contributed by atoms with Crippen molar-refractivity contribution in [1.29, 1.82) is 0 Å². The number of rotatable bonds is 5. The lowest BCUT2D eigenvalue weighted by Gasteiger charge is -2.26. The van der Waals surface area contributed by atoms with Crippen LogP contribution in [0.4, 0.5) is 4.79 Å². The highest BCUT2D eigenvalue weighted by Crippen LogP contribution is 2.34. The van der Waals surface area contributed by atoms with Crippen LogP contribution >= 0.6 is 11.6 Å². The first-order valence-electron chi connectivity index (χ1n) is 9.20. The summed E-state index contributed by atoms with van der Waals surface area (Å²) in [6.07, 6.45) is 0.0576. The van der Waals surface area contributed by atoms with Gasteiger partial charge in [0.05, 0.1) is 6.54 Å². The molecule has 1 saturated heterocycles. The largest absolute Gasteiger partial charge is 0.488 e. The number of aliphatic carboxylic acids is 1. The number of halogens is 1. The van der Waals surface area contributed by atoms with Crippen LogP contribution < -0.4 is 4.74 Å². The van der Waals surface area contributed by atoms with Crippen LogP contribution in [0.25, 0.3) is 0 Å². The minimum absolute atomic E-state index is 0.161. The van der Waals surface area contributed by atoms with E-state index in [0.29, 0.717) is 10.8 Å². The normalized spacial score (nSPS) is 21.0. The van der Waals surface area contributed by atoms with Gasteiger partial charge in [-0.2, -0.15) is 0 Å². The number of ether oxygens (including phenoxy) is 2. The van der Waals surface area contributed by atoms with E-state index in [4.69, 9.17) is 21.1 Å². The number of hydrogen-bond acceptors (Lipinski definition) is 4. The van der Waals surface area contributed by atoms with E-state index in [1.807, 2.05) is 6.07 Å². The van der Waals surface area contributed by atoms with Crippen LogP contribution in [-0.2, 0) is 9.53 Å². The summed E-state index contributed by atoms with van der Waals surface area (Å²) in [6.45, 7) is 9.56. The molecular weight excluding hydrogens is 370 g/mol. The quantitative estimate of drug-likeness (QED) is 0.779. The number of carboxylic acids is 1. The Morgan fingerprint density at radius 2 is 2.04 bits per heavy atom. The molecule has 6 nitrogen and oxygen atoms in total. The van der Waals surface area contributed by atoms with Gasteiger partial charge in [-0.1, -0.05) is 25.4 Å². The minimum atomic E-state index is -1.06. The number of hydrogen-bond donors (Lipinski definition) is 1. The van der Waals surface area contributed by atoms with Gasteiger partial charge in [-0.05, 0) is 56.9 Å². The molecule has 0 aliphatic carbocycles. The summed E-state index contributed by atoms with van der Waals surface area (Å²) in [5.74, 6) is -0.142. The molecular formula is C20H28ClNO5. The van der Waals surface area contributed by atoms with E-state index in [2.05, 4.69) is 13.8 Å². The van der Waals surface area contributed by atoms with Gasteiger partial charge in [0.2, 0.25) is 0 Å². The maximum Gasteiger partial charge on any atom is 0.411 e. The average molecular weight is 398 g/mol. The van der Waals surface area contributed by atoms with Gasteiger partial charge in [-0.15, -0.1) is 0 Å². The van der Waals surface area contributed by atoms with E-state index in [0.717, 1.165) is 12.0 Å². The second-order valence-corrected chi connectivity index (χ2v) is 8.39. The van der Waals surface area contributed by atoms with Crippen LogP contribution in [0.3, 0.4) is 0 Å². The molecule has 3 atom stereocenters. The lowest BCUT2D eigenvalue weighted by molar-refractivity contribution is -0.142. The van der Waals surface area contributed by atoms with Crippen LogP contribution in [0.5, 0.6) is 5.75 Å². The fraction of sp³-hybridized carbons (Fsp3) is 0.600. The number of carbonyl (C=O) groups excluding carboxylic acids is 1. The molecule has 2 rings (SSSR count). The van der Waals surface area contributed by atoms with Crippen molar-refractivity contribution < 1.29 is 24.2 Å². The molecule has 1 aromatic rings. The fourth-order valence-corrected chi connectivity index (χ4v) is 3.23. The molecule has 0 aromatic heterocycles. The highest BCUT2D eigenvalue weighted by molar-refractivity contribution is 6.30. The van der Waals surface area contributed by atoms with E-state index >= 15 is 0 Å². The molecule has 27 heavy (non-hydrogen) atoms. The van der Waals surface area contributed by atoms with E-state index in [9.17, 15) is 14.7 Å². The standard InChI is InChI=1S/C20H28ClNO5/c1-6-12(2)15-9-13(21)7-8-17(15)26-14-10-16(18(23)24)22(11-14)19(25)27-20(3,4)5/h7-9,12,14,16H,6,10-11H2,1-5H3,(H,23,24)/t12-,14-,16-/m0/s1. The third-order valence-electron chi connectivity index (χ3n) is 4.58. The van der Waals surface area contributed by atoms with Crippen molar-refractivity contribution in [2.24, 2.45) is 0 Å². The van der Waals surface area contributed by atoms with Crippen LogP contribution in [-0.4, -0.2) is 46.4 Å². The number of benzene rings is 1. The topological polar surface area (TPSA) is 76.1 Å². The second-order valence-electron chi connectivity index (χ2n) is 7.95. The molecule has 1 fully saturated rings. The molecule has 150 valence electrons. The van der Waals surface area contributed by atoms with Gasteiger partial charge >= 0.3 is 12.1 Å². The molecule has 0 spiro atoms. The molecule has 1 aliphatic heterocycles. The Morgan fingerprint density at radius 3 is 2.59 bits per heavy atom. The van der Waals surface area contributed by atoms with Crippen LogP contribution in [0.15, 0.2) is 18.2 Å². The van der Waals surface area contributed by atoms with E-state index in [-0.39, 0.29) is 18.9 Å². The van der Waals surface area contributed by atoms with Gasteiger partial charge in [-0.3, -0.25) is 4.90 Å². The third-order valence-corrected chi connectivity index (χ3v) is 4.82. The maximum absolute atomic E-state index is 12.4. The van der Waals surface area contributed by atoms with Crippen LogP contribution in [0.2, 0.25) is 5.02 Å². The summed E-state index contributed by atoms with van der Waals surface area (Å²) in [5, 5.41) is 10.1. The van der Waals surface area contributed by atoms with Crippen LogP contribution in [0.1, 0.15) is 58.9 Å². The molecule has 1 aromatic carbocycles. The summed E-state index contributed by atoms with van der Waals surface area (Å²) >= 11 is 6.12. The maximum atomic E-state index is 12.4. The Balaban J connectivity index is 2.19. The zero-order valence-corrected chi connectivity index (χ0v) is 17.2. The molecule has 1 N–H and O–H groups in total. The molecule has 0 bridgehead atoms. The van der Waals surface area contributed by atoms with Crippen molar-refractivity contribution in [2.75, 3.05) is 6.54 Å². The van der Waals surface area contributed by atoms with Gasteiger partial charge in [0, 0.05) is 11.4 Å². The third kappa shape index (κ3) is 5.51. The van der Waals surface area contributed by atoms with Crippen molar-refractivity contribution in [2.45, 2.75) is 71.1 Å².